The van der Waals surface area contributed by atoms with Gasteiger partial charge in [-0.15, -0.1) is 11.8 Å². The fourth-order valence-corrected chi connectivity index (χ4v) is 3.01. The van der Waals surface area contributed by atoms with Crippen LogP contribution in [0.25, 0.3) is 0 Å². The summed E-state index contributed by atoms with van der Waals surface area (Å²) in [5, 5.41) is 8.81. The molecule has 0 bridgehead atoms. The van der Waals surface area contributed by atoms with E-state index in [1.165, 1.54) is 6.07 Å². The quantitative estimate of drug-likeness (QED) is 0.787. The van der Waals surface area contributed by atoms with E-state index in [-0.39, 0.29) is 18.3 Å². The first kappa shape index (κ1) is 9.03. The number of hydrogen-bond acceptors (Lipinski definition) is 2. The van der Waals surface area contributed by atoms with Crippen LogP contribution in [-0.2, 0) is 0 Å². The average Bonchev–Trinajstić information content (AvgIpc) is 2.51. The summed E-state index contributed by atoms with van der Waals surface area (Å²) >= 11 is 1.68. The van der Waals surface area contributed by atoms with Gasteiger partial charge in [0, 0.05) is 22.8 Å². The van der Waals surface area contributed by atoms with Crippen LogP contribution in [0.3, 0.4) is 0 Å². The smallest absolute Gasteiger partial charge is 0.127 e. The van der Waals surface area contributed by atoms with Crippen LogP contribution in [0, 0.1) is 5.82 Å². The van der Waals surface area contributed by atoms with E-state index in [0.29, 0.717) is 6.42 Å². The third-order valence-electron chi connectivity index (χ3n) is 2.34. The monoisotopic (exact) mass is 198 g/mol. The third kappa shape index (κ3) is 1.58. The van der Waals surface area contributed by atoms with Gasteiger partial charge in [-0.2, -0.15) is 0 Å². The highest BCUT2D eigenvalue weighted by Gasteiger charge is 2.25. The predicted octanol–water partition coefficient (Wildman–Crippen LogP) is 2.40. The summed E-state index contributed by atoms with van der Waals surface area (Å²) in [6, 6.07) is 5.18. The number of benzene rings is 1. The molecule has 0 spiro atoms. The van der Waals surface area contributed by atoms with Gasteiger partial charge in [0.2, 0.25) is 0 Å². The summed E-state index contributed by atoms with van der Waals surface area (Å²) < 4.78 is 13.4. The maximum Gasteiger partial charge on any atom is 0.127 e. The molecule has 2 rings (SSSR count). The van der Waals surface area contributed by atoms with Crippen LogP contribution in [-0.4, -0.2) is 17.5 Å². The summed E-state index contributed by atoms with van der Waals surface area (Å²) in [6.45, 7) is 0.138. The number of aliphatic hydroxyl groups is 1. The van der Waals surface area contributed by atoms with Gasteiger partial charge in [-0.25, -0.2) is 4.39 Å². The van der Waals surface area contributed by atoms with E-state index in [2.05, 4.69) is 0 Å². The van der Waals surface area contributed by atoms with Gasteiger partial charge in [0.1, 0.15) is 5.82 Å². The first-order valence-corrected chi connectivity index (χ1v) is 5.33. The van der Waals surface area contributed by atoms with Crippen LogP contribution in [0.1, 0.15) is 17.9 Å². The number of thioether (sulfide) groups is 1. The third-order valence-corrected chi connectivity index (χ3v) is 3.57. The van der Waals surface area contributed by atoms with Gasteiger partial charge in [0.15, 0.2) is 0 Å². The minimum absolute atomic E-state index is 0.124. The first-order valence-electron chi connectivity index (χ1n) is 4.35. The normalized spacial score (nSPS) is 20.3. The molecular weight excluding hydrogens is 187 g/mol. The van der Waals surface area contributed by atoms with Gasteiger partial charge in [-0.1, -0.05) is 6.07 Å². The fourth-order valence-electron chi connectivity index (χ4n) is 1.70. The van der Waals surface area contributed by atoms with Crippen molar-refractivity contribution in [3.63, 3.8) is 0 Å². The zero-order valence-corrected chi connectivity index (χ0v) is 7.98. The van der Waals surface area contributed by atoms with Crippen molar-refractivity contribution in [2.75, 3.05) is 12.4 Å². The van der Waals surface area contributed by atoms with E-state index in [4.69, 9.17) is 5.11 Å². The molecule has 3 heteroatoms. The molecule has 70 valence electrons. The second kappa shape index (κ2) is 3.68. The Hall–Kier alpha value is -0.540. The minimum Gasteiger partial charge on any atom is -0.396 e. The molecule has 0 amide bonds. The molecule has 0 aromatic heterocycles. The summed E-state index contributed by atoms with van der Waals surface area (Å²) in [6.07, 6.45) is 0.668. The molecule has 1 atom stereocenters. The van der Waals surface area contributed by atoms with Crippen molar-refractivity contribution < 1.29 is 9.50 Å². The zero-order valence-electron chi connectivity index (χ0n) is 7.16. The molecule has 0 fully saturated rings. The lowest BCUT2D eigenvalue weighted by Gasteiger charge is -2.08. The average molecular weight is 198 g/mol. The molecule has 1 N–H and O–H groups in total. The van der Waals surface area contributed by atoms with Gasteiger partial charge < -0.3 is 5.11 Å². The fraction of sp³-hybridized carbons (Fsp3) is 0.400. The van der Waals surface area contributed by atoms with Crippen LogP contribution >= 0.6 is 11.8 Å². The van der Waals surface area contributed by atoms with Gasteiger partial charge in [0.25, 0.3) is 0 Å². The van der Waals surface area contributed by atoms with Crippen molar-refractivity contribution in [1.29, 1.82) is 0 Å². The van der Waals surface area contributed by atoms with Crippen LogP contribution in [0.15, 0.2) is 23.1 Å². The lowest BCUT2D eigenvalue weighted by Crippen LogP contribution is -2.02. The number of rotatable bonds is 2. The van der Waals surface area contributed by atoms with E-state index in [9.17, 15) is 4.39 Å². The molecule has 1 heterocycles. The number of aliphatic hydroxyl groups excluding tert-OH is 1. The van der Waals surface area contributed by atoms with Crippen LogP contribution in [0.2, 0.25) is 0 Å². The Morgan fingerprint density at radius 2 is 2.38 bits per heavy atom. The number of halogens is 1. The van der Waals surface area contributed by atoms with Crippen LogP contribution < -0.4 is 0 Å². The second-order valence-electron chi connectivity index (χ2n) is 3.17. The Morgan fingerprint density at radius 1 is 1.54 bits per heavy atom. The van der Waals surface area contributed by atoms with Gasteiger partial charge >= 0.3 is 0 Å². The standard InChI is InChI=1S/C10H11FOS/c11-8-2-1-3-9-10(8)7(4-5-12)6-13-9/h1-3,7,12H,4-6H2. The van der Waals surface area contributed by atoms with E-state index in [1.54, 1.807) is 17.8 Å². The molecule has 0 saturated carbocycles. The Morgan fingerprint density at radius 3 is 3.15 bits per heavy atom. The molecule has 1 aromatic carbocycles. The van der Waals surface area contributed by atoms with Crippen molar-refractivity contribution in [3.05, 3.63) is 29.6 Å². The molecule has 1 aliphatic heterocycles. The maximum atomic E-state index is 13.4. The van der Waals surface area contributed by atoms with Crippen molar-refractivity contribution in [2.24, 2.45) is 0 Å². The summed E-state index contributed by atoms with van der Waals surface area (Å²) in [5.74, 6) is 0.976. The SMILES string of the molecule is OCCC1CSc2cccc(F)c21. The van der Waals surface area contributed by atoms with E-state index >= 15 is 0 Å². The van der Waals surface area contributed by atoms with E-state index < -0.39 is 0 Å². The van der Waals surface area contributed by atoms with Gasteiger partial charge in [-0.3, -0.25) is 0 Å². The zero-order chi connectivity index (χ0) is 9.26. The lowest BCUT2D eigenvalue weighted by molar-refractivity contribution is 0.278. The van der Waals surface area contributed by atoms with Crippen molar-refractivity contribution >= 4 is 11.8 Å². The predicted molar refractivity (Wildman–Crippen MR) is 51.6 cm³/mol. The molecule has 1 unspecified atom stereocenters. The summed E-state index contributed by atoms with van der Waals surface area (Å²) in [4.78, 5) is 1.04. The molecule has 1 aliphatic rings. The molecule has 1 aromatic rings. The number of hydrogen-bond donors (Lipinski definition) is 1. The van der Waals surface area contributed by atoms with E-state index in [0.717, 1.165) is 16.2 Å². The molecule has 0 aliphatic carbocycles. The van der Waals surface area contributed by atoms with Crippen molar-refractivity contribution in [1.82, 2.24) is 0 Å². The molecule has 13 heavy (non-hydrogen) atoms. The van der Waals surface area contributed by atoms with Crippen LogP contribution in [0.5, 0.6) is 0 Å². The number of fused-ring (bicyclic) bond motifs is 1. The highest BCUT2D eigenvalue weighted by atomic mass is 32.2. The highest BCUT2D eigenvalue weighted by molar-refractivity contribution is 7.99. The Labute approximate surface area is 81.0 Å². The molecule has 1 nitrogen and oxygen atoms in total. The molecular formula is C10H11FOS. The minimum atomic E-state index is -0.124. The molecule has 0 saturated heterocycles. The van der Waals surface area contributed by atoms with E-state index in [1.807, 2.05) is 6.07 Å². The lowest BCUT2D eigenvalue weighted by atomic mass is 9.98. The van der Waals surface area contributed by atoms with Gasteiger partial charge in [-0.05, 0) is 24.5 Å². The first-order chi connectivity index (χ1) is 6.33. The topological polar surface area (TPSA) is 20.2 Å². The highest BCUT2D eigenvalue weighted by Crippen LogP contribution is 2.42. The van der Waals surface area contributed by atoms with Crippen molar-refractivity contribution in [3.8, 4) is 0 Å². The maximum absolute atomic E-state index is 13.4. The van der Waals surface area contributed by atoms with Crippen LogP contribution in [0.4, 0.5) is 4.39 Å². The Balaban J connectivity index is 2.34. The molecule has 0 radical (unpaired) electrons. The second-order valence-corrected chi connectivity index (χ2v) is 4.23. The summed E-state index contributed by atoms with van der Waals surface area (Å²) in [5.41, 5.74) is 0.807. The van der Waals surface area contributed by atoms with Crippen molar-refractivity contribution in [2.45, 2.75) is 17.2 Å². The Kier molecular flexibility index (Phi) is 2.56. The largest absolute Gasteiger partial charge is 0.396 e. The van der Waals surface area contributed by atoms with Gasteiger partial charge in [0.05, 0.1) is 0 Å². The summed E-state index contributed by atoms with van der Waals surface area (Å²) in [7, 11) is 0. The Bertz CT molecular complexity index is 312.